The minimum Gasteiger partial charge on any atom is -0.446 e. The van der Waals surface area contributed by atoms with E-state index in [0.717, 1.165) is 24.3 Å². The number of carbonyl (C=O) groups excluding carboxylic acids is 1. The molecule has 0 heterocycles. The largest absolute Gasteiger partial charge is 0.446 e. The second-order valence-electron chi connectivity index (χ2n) is 8.36. The average molecular weight is 313 g/mol. The Morgan fingerprint density at radius 3 is 2.22 bits per heavy atom. The van der Waals surface area contributed by atoms with Gasteiger partial charge >= 0.3 is 5.97 Å². The molecule has 0 radical (unpaired) electrons. The summed E-state index contributed by atoms with van der Waals surface area (Å²) in [6, 6.07) is 9.27. The lowest BCUT2D eigenvalue weighted by Crippen LogP contribution is -2.50. The Bertz CT molecular complexity index is 533. The Morgan fingerprint density at radius 2 is 1.65 bits per heavy atom. The third kappa shape index (κ3) is 3.16. The fraction of sp³-hybridized carbons (Fsp3) is 0.650. The summed E-state index contributed by atoms with van der Waals surface area (Å²) < 4.78 is 5.49. The summed E-state index contributed by atoms with van der Waals surface area (Å²) >= 11 is 0. The molecule has 0 spiro atoms. The molecule has 3 heteroatoms. The minimum atomic E-state index is -0.219. The number of rotatable bonds is 5. The number of ether oxygens (including phenoxy) is 1. The Balaban J connectivity index is 1.32. The molecule has 4 fully saturated rings. The molecule has 23 heavy (non-hydrogen) atoms. The maximum Gasteiger partial charge on any atom is 0.339 e. The van der Waals surface area contributed by atoms with E-state index in [9.17, 15) is 4.79 Å². The van der Waals surface area contributed by atoms with Crippen molar-refractivity contribution in [1.82, 2.24) is 4.90 Å². The van der Waals surface area contributed by atoms with Gasteiger partial charge in [-0.05, 0) is 80.9 Å². The highest BCUT2D eigenvalue weighted by Crippen LogP contribution is 2.60. The van der Waals surface area contributed by atoms with E-state index in [1.165, 1.54) is 38.5 Å². The first-order valence-corrected chi connectivity index (χ1v) is 9.03. The number of hydrogen-bond donors (Lipinski definition) is 0. The van der Waals surface area contributed by atoms with Gasteiger partial charge in [-0.25, -0.2) is 4.79 Å². The van der Waals surface area contributed by atoms with E-state index in [1.54, 1.807) is 12.1 Å². The van der Waals surface area contributed by atoms with Crippen LogP contribution < -0.4 is 0 Å². The average Bonchev–Trinajstić information content (AvgIpc) is 2.51. The van der Waals surface area contributed by atoms with Crippen LogP contribution in [0.3, 0.4) is 0 Å². The number of hydrogen-bond acceptors (Lipinski definition) is 3. The van der Waals surface area contributed by atoms with E-state index in [-0.39, 0.29) is 5.97 Å². The SMILES string of the molecule is CN(COC(=O)c1ccccc1)CC12CC3CC(CC(C3)C1)C2. The highest BCUT2D eigenvalue weighted by Gasteiger charge is 2.50. The first-order chi connectivity index (χ1) is 11.1. The van der Waals surface area contributed by atoms with E-state index in [1.807, 2.05) is 18.2 Å². The molecular weight excluding hydrogens is 286 g/mol. The molecule has 3 nitrogen and oxygen atoms in total. The smallest absolute Gasteiger partial charge is 0.339 e. The lowest BCUT2D eigenvalue weighted by Gasteiger charge is -2.57. The fourth-order valence-corrected chi connectivity index (χ4v) is 5.93. The van der Waals surface area contributed by atoms with Crippen molar-refractivity contribution in [2.24, 2.45) is 23.2 Å². The van der Waals surface area contributed by atoms with Crippen molar-refractivity contribution in [3.8, 4) is 0 Å². The molecule has 0 amide bonds. The van der Waals surface area contributed by atoms with Gasteiger partial charge in [-0.3, -0.25) is 4.90 Å². The van der Waals surface area contributed by atoms with Crippen LogP contribution in [0.15, 0.2) is 30.3 Å². The summed E-state index contributed by atoms with van der Waals surface area (Å²) in [5, 5.41) is 0. The van der Waals surface area contributed by atoms with Crippen LogP contribution in [0.2, 0.25) is 0 Å². The summed E-state index contributed by atoms with van der Waals surface area (Å²) in [6.45, 7) is 1.48. The van der Waals surface area contributed by atoms with Gasteiger partial charge in [0.25, 0.3) is 0 Å². The second-order valence-corrected chi connectivity index (χ2v) is 8.36. The summed E-state index contributed by atoms with van der Waals surface area (Å²) in [6.07, 6.45) is 8.63. The molecule has 5 rings (SSSR count). The second kappa shape index (κ2) is 5.94. The van der Waals surface area contributed by atoms with Crippen molar-refractivity contribution in [3.63, 3.8) is 0 Å². The molecule has 4 saturated carbocycles. The van der Waals surface area contributed by atoms with Crippen molar-refractivity contribution in [2.45, 2.75) is 38.5 Å². The molecule has 0 aliphatic heterocycles. The quantitative estimate of drug-likeness (QED) is 0.609. The Labute approximate surface area is 139 Å². The summed E-state index contributed by atoms with van der Waals surface area (Å²) in [4.78, 5) is 14.3. The topological polar surface area (TPSA) is 29.5 Å². The van der Waals surface area contributed by atoms with Crippen LogP contribution in [0.1, 0.15) is 48.9 Å². The molecule has 0 atom stereocenters. The van der Waals surface area contributed by atoms with E-state index in [0.29, 0.717) is 17.7 Å². The van der Waals surface area contributed by atoms with Crippen molar-refractivity contribution in [1.29, 1.82) is 0 Å². The van der Waals surface area contributed by atoms with Gasteiger partial charge in [-0.15, -0.1) is 0 Å². The van der Waals surface area contributed by atoms with Gasteiger partial charge in [0.15, 0.2) is 0 Å². The van der Waals surface area contributed by atoms with Crippen LogP contribution in [-0.2, 0) is 4.74 Å². The van der Waals surface area contributed by atoms with E-state index in [2.05, 4.69) is 11.9 Å². The van der Waals surface area contributed by atoms with E-state index < -0.39 is 0 Å². The Kier molecular flexibility index (Phi) is 3.92. The first-order valence-electron chi connectivity index (χ1n) is 9.03. The highest BCUT2D eigenvalue weighted by molar-refractivity contribution is 5.89. The van der Waals surface area contributed by atoms with Gasteiger partial charge in [-0.1, -0.05) is 18.2 Å². The molecule has 1 aromatic carbocycles. The summed E-state index contributed by atoms with van der Waals surface area (Å²) in [5.41, 5.74) is 1.14. The molecule has 4 aliphatic rings. The number of nitrogens with zero attached hydrogens (tertiary/aromatic N) is 1. The third-order valence-corrected chi connectivity index (χ3v) is 6.20. The molecule has 4 bridgehead atoms. The van der Waals surface area contributed by atoms with Crippen LogP contribution >= 0.6 is 0 Å². The normalized spacial score (nSPS) is 34.8. The monoisotopic (exact) mass is 313 g/mol. The van der Waals surface area contributed by atoms with Crippen LogP contribution in [0.5, 0.6) is 0 Å². The van der Waals surface area contributed by atoms with Gasteiger partial charge in [0.2, 0.25) is 0 Å². The van der Waals surface area contributed by atoms with Gasteiger partial charge < -0.3 is 4.74 Å². The van der Waals surface area contributed by atoms with Crippen molar-refractivity contribution in [2.75, 3.05) is 20.3 Å². The van der Waals surface area contributed by atoms with Crippen molar-refractivity contribution in [3.05, 3.63) is 35.9 Å². The van der Waals surface area contributed by atoms with Crippen LogP contribution in [0.4, 0.5) is 0 Å². The van der Waals surface area contributed by atoms with Crippen molar-refractivity contribution < 1.29 is 9.53 Å². The van der Waals surface area contributed by atoms with Crippen LogP contribution in [-0.4, -0.2) is 31.2 Å². The molecule has 124 valence electrons. The van der Waals surface area contributed by atoms with Crippen LogP contribution in [0.25, 0.3) is 0 Å². The number of benzene rings is 1. The predicted molar refractivity (Wildman–Crippen MR) is 90.0 cm³/mol. The number of esters is 1. The molecule has 1 aromatic rings. The summed E-state index contributed by atoms with van der Waals surface area (Å²) in [7, 11) is 2.09. The summed E-state index contributed by atoms with van der Waals surface area (Å²) in [5.74, 6) is 2.70. The molecule has 0 unspecified atom stereocenters. The molecule has 0 saturated heterocycles. The Hall–Kier alpha value is -1.35. The minimum absolute atomic E-state index is 0.219. The fourth-order valence-electron chi connectivity index (χ4n) is 5.93. The van der Waals surface area contributed by atoms with Gasteiger partial charge in [0.05, 0.1) is 5.56 Å². The van der Waals surface area contributed by atoms with Crippen molar-refractivity contribution >= 4 is 5.97 Å². The zero-order chi connectivity index (χ0) is 15.9. The zero-order valence-corrected chi connectivity index (χ0v) is 14.0. The molecule has 0 N–H and O–H groups in total. The maximum absolute atomic E-state index is 12.1. The molecule has 4 aliphatic carbocycles. The van der Waals surface area contributed by atoms with E-state index >= 15 is 0 Å². The highest BCUT2D eigenvalue weighted by atomic mass is 16.5. The standard InChI is InChI=1S/C20H27NO2/c1-21(14-23-19(22)18-5-3-2-4-6-18)13-20-10-15-7-16(11-20)9-17(8-15)12-20/h2-6,15-17H,7-14H2,1H3. The zero-order valence-electron chi connectivity index (χ0n) is 14.0. The lowest BCUT2D eigenvalue weighted by atomic mass is 9.49. The maximum atomic E-state index is 12.1. The number of carbonyl (C=O) groups is 1. The van der Waals surface area contributed by atoms with Crippen LogP contribution in [0, 0.1) is 23.2 Å². The van der Waals surface area contributed by atoms with Gasteiger partial charge in [0.1, 0.15) is 6.73 Å². The molecule has 0 aromatic heterocycles. The predicted octanol–water partition coefficient (Wildman–Crippen LogP) is 3.95. The third-order valence-electron chi connectivity index (χ3n) is 6.20. The van der Waals surface area contributed by atoms with E-state index in [4.69, 9.17) is 4.74 Å². The van der Waals surface area contributed by atoms with Gasteiger partial charge in [0, 0.05) is 6.54 Å². The van der Waals surface area contributed by atoms with Gasteiger partial charge in [-0.2, -0.15) is 0 Å². The lowest BCUT2D eigenvalue weighted by molar-refractivity contribution is -0.0760. The first kappa shape index (κ1) is 15.2. The Morgan fingerprint density at radius 1 is 1.09 bits per heavy atom. The molecular formula is C20H27NO2.